The second-order valence-corrected chi connectivity index (χ2v) is 6.44. The molecule has 2 rings (SSSR count). The Morgan fingerprint density at radius 3 is 2.65 bits per heavy atom. The van der Waals surface area contributed by atoms with Crippen molar-refractivity contribution in [2.24, 2.45) is 4.99 Å². The van der Waals surface area contributed by atoms with Crippen molar-refractivity contribution < 1.29 is 4.92 Å². The molecule has 0 unspecified atom stereocenters. The molecule has 0 saturated carbocycles. The second-order valence-electron chi connectivity index (χ2n) is 5.23. The molecule has 0 N–H and O–H groups in total. The molecule has 1 heterocycles. The quantitative estimate of drug-likeness (QED) is 0.483. The Hall–Kier alpha value is -2.72. The Morgan fingerprint density at radius 1 is 1.39 bits per heavy atom. The Balaban J connectivity index is 2.41. The normalized spacial score (nSPS) is 10.7. The van der Waals surface area contributed by atoms with Crippen LogP contribution in [0.5, 0.6) is 0 Å². The van der Waals surface area contributed by atoms with Gasteiger partial charge in [0.05, 0.1) is 10.5 Å². The number of nitrogens with zero attached hydrogens (tertiary/aromatic N) is 4. The van der Waals surface area contributed by atoms with Crippen LogP contribution in [-0.4, -0.2) is 25.2 Å². The highest BCUT2D eigenvalue weighted by Gasteiger charge is 2.16. The predicted molar refractivity (Wildman–Crippen MR) is 93.2 cm³/mol. The average molecular weight is 328 g/mol. The van der Waals surface area contributed by atoms with Crippen LogP contribution in [0.4, 0.5) is 16.4 Å². The fourth-order valence-corrected chi connectivity index (χ4v) is 3.06. The molecule has 0 amide bonds. The van der Waals surface area contributed by atoms with Gasteiger partial charge in [0.1, 0.15) is 16.8 Å². The van der Waals surface area contributed by atoms with Gasteiger partial charge in [-0.15, -0.1) is 11.3 Å². The molecular formula is C16H16N4O2S. The SMILES string of the molecule is Cc1sc(N=Cc2ccc(N(C)C)c([N+](=O)[O-])c2)c(C#N)c1C. The standard InChI is InChI=1S/C16H16N4O2S/c1-10-11(2)23-16(13(10)8-17)18-9-12-5-6-14(19(3)4)15(7-12)20(21)22/h5-7,9H,1-4H3. The first kappa shape index (κ1) is 16.6. The third kappa shape index (κ3) is 3.38. The van der Waals surface area contributed by atoms with Crippen LogP contribution in [0.15, 0.2) is 23.2 Å². The summed E-state index contributed by atoms with van der Waals surface area (Å²) in [6.07, 6.45) is 1.55. The maximum Gasteiger partial charge on any atom is 0.293 e. The number of anilines is 1. The molecule has 0 spiro atoms. The molecule has 1 aromatic heterocycles. The smallest absolute Gasteiger partial charge is 0.293 e. The minimum atomic E-state index is -0.410. The highest BCUT2D eigenvalue weighted by atomic mass is 32.1. The number of nitro benzene ring substituents is 1. The molecule has 0 aliphatic rings. The molecule has 0 radical (unpaired) electrons. The van der Waals surface area contributed by atoms with Gasteiger partial charge >= 0.3 is 0 Å². The molecule has 0 atom stereocenters. The summed E-state index contributed by atoms with van der Waals surface area (Å²) in [5.41, 5.74) is 2.67. The topological polar surface area (TPSA) is 82.5 Å². The summed E-state index contributed by atoms with van der Waals surface area (Å²) in [5, 5.41) is 21.0. The van der Waals surface area contributed by atoms with E-state index in [1.54, 1.807) is 37.3 Å². The first-order chi connectivity index (χ1) is 10.8. The van der Waals surface area contributed by atoms with Crippen molar-refractivity contribution in [3.63, 3.8) is 0 Å². The number of nitro groups is 1. The van der Waals surface area contributed by atoms with E-state index in [9.17, 15) is 15.4 Å². The molecule has 23 heavy (non-hydrogen) atoms. The van der Waals surface area contributed by atoms with Crippen LogP contribution in [0.1, 0.15) is 21.6 Å². The average Bonchev–Trinajstić information content (AvgIpc) is 2.78. The van der Waals surface area contributed by atoms with Crippen molar-refractivity contribution in [2.75, 3.05) is 19.0 Å². The van der Waals surface area contributed by atoms with Crippen molar-refractivity contribution in [3.05, 3.63) is 49.9 Å². The molecule has 6 nitrogen and oxygen atoms in total. The van der Waals surface area contributed by atoms with Gasteiger partial charge in [-0.2, -0.15) is 5.26 Å². The van der Waals surface area contributed by atoms with E-state index in [1.807, 2.05) is 13.8 Å². The maximum absolute atomic E-state index is 11.2. The van der Waals surface area contributed by atoms with Crippen LogP contribution in [0.3, 0.4) is 0 Å². The third-order valence-corrected chi connectivity index (χ3v) is 4.60. The Labute approximate surface area is 138 Å². The summed E-state index contributed by atoms with van der Waals surface area (Å²) in [5.74, 6) is 0. The summed E-state index contributed by atoms with van der Waals surface area (Å²) in [6, 6.07) is 7.10. The number of thiophene rings is 1. The van der Waals surface area contributed by atoms with E-state index in [4.69, 9.17) is 0 Å². The predicted octanol–water partition coefficient (Wildman–Crippen LogP) is 3.96. The molecule has 118 valence electrons. The summed E-state index contributed by atoms with van der Waals surface area (Å²) in [7, 11) is 3.51. The van der Waals surface area contributed by atoms with Crippen LogP contribution in [-0.2, 0) is 0 Å². The third-order valence-electron chi connectivity index (χ3n) is 3.49. The minimum Gasteiger partial charge on any atom is -0.372 e. The molecule has 2 aromatic rings. The van der Waals surface area contributed by atoms with Gasteiger partial charge < -0.3 is 4.90 Å². The monoisotopic (exact) mass is 328 g/mol. The van der Waals surface area contributed by atoms with Crippen LogP contribution in [0, 0.1) is 35.3 Å². The van der Waals surface area contributed by atoms with Gasteiger partial charge in [-0.05, 0) is 31.0 Å². The number of benzene rings is 1. The lowest BCUT2D eigenvalue weighted by Crippen LogP contribution is -2.11. The molecule has 0 bridgehead atoms. The van der Waals surface area contributed by atoms with Crippen molar-refractivity contribution in [1.82, 2.24) is 0 Å². The van der Waals surface area contributed by atoms with Crippen molar-refractivity contribution >= 4 is 33.9 Å². The minimum absolute atomic E-state index is 0.0259. The lowest BCUT2D eigenvalue weighted by atomic mass is 10.1. The highest BCUT2D eigenvalue weighted by molar-refractivity contribution is 7.16. The van der Waals surface area contributed by atoms with Gasteiger partial charge in [0, 0.05) is 31.3 Å². The zero-order valence-electron chi connectivity index (χ0n) is 13.3. The fraction of sp³-hybridized carbons (Fsp3) is 0.250. The summed E-state index contributed by atoms with van der Waals surface area (Å²) < 4.78 is 0. The van der Waals surface area contributed by atoms with Gasteiger partial charge in [0.25, 0.3) is 5.69 Å². The number of hydrogen-bond acceptors (Lipinski definition) is 6. The molecular weight excluding hydrogens is 312 g/mol. The van der Waals surface area contributed by atoms with E-state index in [1.165, 1.54) is 17.4 Å². The summed E-state index contributed by atoms with van der Waals surface area (Å²) in [4.78, 5) is 17.9. The first-order valence-corrected chi connectivity index (χ1v) is 7.66. The van der Waals surface area contributed by atoms with Crippen LogP contribution < -0.4 is 4.90 Å². The molecule has 0 aliphatic heterocycles. The maximum atomic E-state index is 11.2. The van der Waals surface area contributed by atoms with E-state index < -0.39 is 4.92 Å². The zero-order valence-corrected chi connectivity index (χ0v) is 14.1. The summed E-state index contributed by atoms with van der Waals surface area (Å²) in [6.45, 7) is 3.83. The van der Waals surface area contributed by atoms with E-state index >= 15 is 0 Å². The second kappa shape index (κ2) is 6.58. The number of aliphatic imine (C=N–C) groups is 1. The Kier molecular flexibility index (Phi) is 4.77. The number of aryl methyl sites for hydroxylation is 1. The van der Waals surface area contributed by atoms with Crippen molar-refractivity contribution in [2.45, 2.75) is 13.8 Å². The van der Waals surface area contributed by atoms with Crippen LogP contribution in [0.25, 0.3) is 0 Å². The van der Waals surface area contributed by atoms with Gasteiger partial charge in [-0.1, -0.05) is 6.07 Å². The molecule has 0 aliphatic carbocycles. The Morgan fingerprint density at radius 2 is 2.09 bits per heavy atom. The van der Waals surface area contributed by atoms with Gasteiger partial charge in [-0.3, -0.25) is 10.1 Å². The van der Waals surface area contributed by atoms with E-state index in [0.29, 0.717) is 21.8 Å². The molecule has 0 fully saturated rings. The largest absolute Gasteiger partial charge is 0.372 e. The van der Waals surface area contributed by atoms with E-state index in [0.717, 1.165) is 10.4 Å². The van der Waals surface area contributed by atoms with Gasteiger partial charge in [-0.25, -0.2) is 4.99 Å². The Bertz CT molecular complexity index is 831. The van der Waals surface area contributed by atoms with Crippen LogP contribution in [0.2, 0.25) is 0 Å². The lowest BCUT2D eigenvalue weighted by Gasteiger charge is -2.12. The molecule has 1 aromatic carbocycles. The van der Waals surface area contributed by atoms with Crippen LogP contribution >= 0.6 is 11.3 Å². The summed E-state index contributed by atoms with van der Waals surface area (Å²) >= 11 is 1.44. The lowest BCUT2D eigenvalue weighted by molar-refractivity contribution is -0.384. The van der Waals surface area contributed by atoms with Crippen molar-refractivity contribution in [3.8, 4) is 6.07 Å². The number of nitriles is 1. The van der Waals surface area contributed by atoms with Gasteiger partial charge in [0.2, 0.25) is 0 Å². The van der Waals surface area contributed by atoms with E-state index in [2.05, 4.69) is 11.1 Å². The number of hydrogen-bond donors (Lipinski definition) is 0. The first-order valence-electron chi connectivity index (χ1n) is 6.85. The zero-order chi connectivity index (χ0) is 17.1. The molecule has 7 heteroatoms. The van der Waals surface area contributed by atoms with E-state index in [-0.39, 0.29) is 5.69 Å². The van der Waals surface area contributed by atoms with Crippen molar-refractivity contribution in [1.29, 1.82) is 5.26 Å². The van der Waals surface area contributed by atoms with Gasteiger partial charge in [0.15, 0.2) is 0 Å². The highest BCUT2D eigenvalue weighted by Crippen LogP contribution is 2.34. The fourth-order valence-electron chi connectivity index (χ4n) is 2.11. The molecule has 0 saturated heterocycles. The number of rotatable bonds is 4.